The molecule has 0 saturated heterocycles. The first-order valence-corrected chi connectivity index (χ1v) is 8.99. The van der Waals surface area contributed by atoms with Crippen LogP contribution in [0.15, 0.2) is 0 Å². The molecule has 0 aliphatic carbocycles. The van der Waals surface area contributed by atoms with E-state index in [0.29, 0.717) is 12.8 Å². The van der Waals surface area contributed by atoms with Crippen LogP contribution in [0.4, 0.5) is 0 Å². The van der Waals surface area contributed by atoms with Crippen molar-refractivity contribution in [2.45, 2.75) is 70.4 Å². The first kappa shape index (κ1) is 21.7. The Morgan fingerprint density at radius 3 is 1.61 bits per heavy atom. The molecular weight excluding hydrogens is 332 g/mol. The summed E-state index contributed by atoms with van der Waals surface area (Å²) in [5, 5.41) is 20.8. The molecule has 0 aromatic carbocycles. The molecular formula is C12H24N2O8S. The van der Waals surface area contributed by atoms with E-state index in [1.165, 1.54) is 0 Å². The van der Waals surface area contributed by atoms with Crippen molar-refractivity contribution in [3.63, 3.8) is 0 Å². The third kappa shape index (κ3) is 14.0. The summed E-state index contributed by atoms with van der Waals surface area (Å²) < 4.78 is 33.1. The molecule has 0 aromatic rings. The summed E-state index contributed by atoms with van der Waals surface area (Å²) >= 11 is 0. The van der Waals surface area contributed by atoms with E-state index >= 15 is 0 Å². The van der Waals surface area contributed by atoms with E-state index in [0.717, 1.165) is 44.9 Å². The first-order valence-electron chi connectivity index (χ1n) is 7.63. The molecule has 11 heteroatoms. The fourth-order valence-electron chi connectivity index (χ4n) is 2.12. The van der Waals surface area contributed by atoms with Gasteiger partial charge >= 0.3 is 16.6 Å². The molecule has 0 aliphatic rings. The Morgan fingerprint density at radius 1 is 0.826 bits per heavy atom. The lowest BCUT2D eigenvalue weighted by molar-refractivity contribution is -0.743. The maximum Gasteiger partial charge on any atom is 0.450 e. The molecule has 0 bridgehead atoms. The molecule has 0 rings (SSSR count). The zero-order valence-electron chi connectivity index (χ0n) is 13.0. The van der Waals surface area contributed by atoms with Gasteiger partial charge in [0, 0.05) is 0 Å². The topological polar surface area (TPSA) is 150 Å². The van der Waals surface area contributed by atoms with Crippen LogP contribution in [0.5, 0.6) is 0 Å². The molecule has 23 heavy (non-hydrogen) atoms. The van der Waals surface area contributed by atoms with Gasteiger partial charge in [-0.25, -0.2) is 4.18 Å². The van der Waals surface area contributed by atoms with E-state index in [-0.39, 0.29) is 13.0 Å². The highest BCUT2D eigenvalue weighted by Crippen LogP contribution is 2.12. The van der Waals surface area contributed by atoms with Crippen molar-refractivity contribution >= 4 is 10.4 Å². The van der Waals surface area contributed by atoms with Crippen LogP contribution >= 0.6 is 0 Å². The average Bonchev–Trinajstić information content (AvgIpc) is 2.41. The Kier molecular flexibility index (Phi) is 11.4. The maximum absolute atomic E-state index is 10.4. The lowest BCUT2D eigenvalue weighted by Crippen LogP contribution is -2.28. The second kappa shape index (κ2) is 12.1. The summed E-state index contributed by atoms with van der Waals surface area (Å²) in [6.07, 6.45) is 5.60. The molecule has 0 aromatic heterocycles. The molecule has 0 aliphatic heterocycles. The Balaban J connectivity index is 3.37. The molecule has 0 amide bonds. The summed E-state index contributed by atoms with van der Waals surface area (Å²) in [5.74, 6) is 0. The van der Waals surface area contributed by atoms with Crippen LogP contribution in [0.1, 0.15) is 64.2 Å². The van der Waals surface area contributed by atoms with Gasteiger partial charge in [0.1, 0.15) is 0 Å². The van der Waals surface area contributed by atoms with Crippen molar-refractivity contribution in [3.8, 4) is 0 Å². The summed E-state index contributed by atoms with van der Waals surface area (Å²) in [7, 11) is -4.34. The number of rotatable bonds is 15. The van der Waals surface area contributed by atoms with E-state index in [9.17, 15) is 28.6 Å². The number of hydrogen-bond acceptors (Lipinski definition) is 7. The molecule has 0 heterocycles. The Bertz CT molecular complexity index is 440. The summed E-state index contributed by atoms with van der Waals surface area (Å²) in [6, 6.07) is 0. The monoisotopic (exact) mass is 356 g/mol. The molecule has 1 N–H and O–H groups in total. The largest absolute Gasteiger partial charge is 0.450 e. The van der Waals surface area contributed by atoms with Crippen LogP contribution in [0.25, 0.3) is 0 Å². The molecule has 0 spiro atoms. The van der Waals surface area contributed by atoms with Crippen LogP contribution in [0.3, 0.4) is 0 Å². The van der Waals surface area contributed by atoms with Crippen LogP contribution in [-0.2, 0) is 14.6 Å². The van der Waals surface area contributed by atoms with Crippen LogP contribution in [-0.4, -0.2) is 35.6 Å². The van der Waals surface area contributed by atoms with Crippen LogP contribution in [0, 0.1) is 20.2 Å². The van der Waals surface area contributed by atoms with Gasteiger partial charge in [0.25, 0.3) is 0 Å². The molecule has 0 unspecified atom stereocenters. The summed E-state index contributed by atoms with van der Waals surface area (Å²) in [5.41, 5.74) is 0. The van der Waals surface area contributed by atoms with Gasteiger partial charge < -0.3 is 0 Å². The normalized spacial score (nSPS) is 11.7. The fraction of sp³-hybridized carbons (Fsp3) is 1.00. The van der Waals surface area contributed by atoms with Crippen molar-refractivity contribution in [1.82, 2.24) is 0 Å². The third-order valence-electron chi connectivity index (χ3n) is 3.33. The summed E-state index contributed by atoms with van der Waals surface area (Å²) in [6.45, 7) is -0.0209. The van der Waals surface area contributed by atoms with Gasteiger partial charge in [-0.15, -0.1) is 0 Å². The van der Waals surface area contributed by atoms with E-state index < -0.39 is 26.4 Å². The van der Waals surface area contributed by atoms with E-state index in [1.54, 1.807) is 0 Å². The standard InChI is InChI=1S/C12H24N2O8S/c15-13(16)12(14(17)18)10-8-6-4-2-1-3-5-7-9-11-22-23(19,20)21/h12H,1-11H2,(H,19,20,21). The minimum Gasteiger partial charge on any atom is -0.264 e. The highest BCUT2D eigenvalue weighted by Gasteiger charge is 2.30. The predicted molar refractivity (Wildman–Crippen MR) is 81.4 cm³/mol. The highest BCUT2D eigenvalue weighted by molar-refractivity contribution is 7.80. The fourth-order valence-corrected chi connectivity index (χ4v) is 2.45. The van der Waals surface area contributed by atoms with Crippen molar-refractivity contribution < 1.29 is 27.0 Å². The first-order chi connectivity index (χ1) is 10.7. The lowest BCUT2D eigenvalue weighted by atomic mass is 10.1. The predicted octanol–water partition coefficient (Wildman–Crippen LogP) is 2.59. The minimum absolute atomic E-state index is 0.0209. The Hall–Kier alpha value is -1.33. The van der Waals surface area contributed by atoms with Crippen LogP contribution in [0.2, 0.25) is 0 Å². The number of unbranched alkanes of at least 4 members (excludes halogenated alkanes) is 8. The molecule has 0 saturated carbocycles. The van der Waals surface area contributed by atoms with Gasteiger partial charge in [-0.2, -0.15) is 8.42 Å². The van der Waals surface area contributed by atoms with Gasteiger partial charge in [0.2, 0.25) is 0 Å². The molecule has 0 atom stereocenters. The number of nitro groups is 2. The van der Waals surface area contributed by atoms with Crippen molar-refractivity contribution in [2.75, 3.05) is 6.61 Å². The van der Waals surface area contributed by atoms with E-state index in [2.05, 4.69) is 4.18 Å². The van der Waals surface area contributed by atoms with Crippen LogP contribution < -0.4 is 0 Å². The SMILES string of the molecule is O=[N+]([O-])C(CCCCCCCCCCCOS(=O)(=O)O)[N+](=O)[O-]. The summed E-state index contributed by atoms with van der Waals surface area (Å²) in [4.78, 5) is 19.1. The maximum atomic E-state index is 10.4. The molecule has 136 valence electrons. The van der Waals surface area contributed by atoms with Gasteiger partial charge in [-0.1, -0.05) is 44.9 Å². The lowest BCUT2D eigenvalue weighted by Gasteiger charge is -2.03. The number of nitrogens with zero attached hydrogens (tertiary/aromatic N) is 2. The third-order valence-corrected chi connectivity index (χ3v) is 3.79. The van der Waals surface area contributed by atoms with Gasteiger partial charge in [-0.3, -0.25) is 24.8 Å². The van der Waals surface area contributed by atoms with Crippen molar-refractivity contribution in [2.24, 2.45) is 0 Å². The Labute approximate surface area is 135 Å². The van der Waals surface area contributed by atoms with Gasteiger partial charge in [-0.05, 0) is 12.8 Å². The second-order valence-corrected chi connectivity index (χ2v) is 6.36. The molecule has 10 nitrogen and oxygen atoms in total. The molecule has 0 fully saturated rings. The van der Waals surface area contributed by atoms with Crippen molar-refractivity contribution in [1.29, 1.82) is 0 Å². The second-order valence-electron chi connectivity index (χ2n) is 5.27. The zero-order chi connectivity index (χ0) is 17.7. The van der Waals surface area contributed by atoms with Gasteiger partial charge in [0.05, 0.1) is 22.9 Å². The quantitative estimate of drug-likeness (QED) is 0.155. The van der Waals surface area contributed by atoms with Gasteiger partial charge in [0.15, 0.2) is 0 Å². The highest BCUT2D eigenvalue weighted by atomic mass is 32.3. The minimum atomic E-state index is -4.34. The van der Waals surface area contributed by atoms with E-state index in [4.69, 9.17) is 4.55 Å². The zero-order valence-corrected chi connectivity index (χ0v) is 13.8. The molecule has 0 radical (unpaired) electrons. The average molecular weight is 356 g/mol. The number of hydrogen-bond donors (Lipinski definition) is 1. The Morgan fingerprint density at radius 2 is 1.22 bits per heavy atom. The van der Waals surface area contributed by atoms with Crippen molar-refractivity contribution in [3.05, 3.63) is 20.2 Å². The van der Waals surface area contributed by atoms with E-state index in [1.807, 2.05) is 0 Å². The smallest absolute Gasteiger partial charge is 0.264 e.